The monoisotopic (exact) mass is 527 g/mol. The molecule has 2 aromatic heterocycles. The Morgan fingerprint density at radius 2 is 1.86 bits per heavy atom. The molecule has 3 heterocycles. The largest absolute Gasteiger partial charge is 0.495 e. The Morgan fingerprint density at radius 3 is 2.53 bits per heavy atom. The van der Waals surface area contributed by atoms with Gasteiger partial charge in [0.15, 0.2) is 17.6 Å². The summed E-state index contributed by atoms with van der Waals surface area (Å²) in [5.74, 6) is 1.76. The zero-order valence-corrected chi connectivity index (χ0v) is 21.6. The lowest BCUT2D eigenvalue weighted by Gasteiger charge is -2.27. The molecular formula is C25H23Cl2N5O4. The lowest BCUT2D eigenvalue weighted by molar-refractivity contribution is -0.136. The molecule has 0 saturated heterocycles. The van der Waals surface area contributed by atoms with Crippen LogP contribution in [0.1, 0.15) is 12.0 Å². The van der Waals surface area contributed by atoms with Crippen LogP contribution in [0.15, 0.2) is 30.5 Å². The summed E-state index contributed by atoms with van der Waals surface area (Å²) in [4.78, 5) is 23.0. The molecule has 1 unspecified atom stereocenters. The number of hydrogen-bond acceptors (Lipinski definition) is 7. The SMILES string of the molecule is COc1cc(OC)c(Cl)c(-c2ncc3c(-c4ccc5c(c4)CCC(C(=O)N(C)C)O5)[nH]nc3n2)c1Cl. The first-order valence-corrected chi connectivity index (χ1v) is 11.9. The van der Waals surface area contributed by atoms with E-state index in [9.17, 15) is 4.79 Å². The maximum atomic E-state index is 12.3. The topological polar surface area (TPSA) is 102 Å². The van der Waals surface area contributed by atoms with Gasteiger partial charge in [-0.05, 0) is 36.6 Å². The summed E-state index contributed by atoms with van der Waals surface area (Å²) in [5.41, 5.74) is 3.56. The molecule has 1 atom stereocenters. The molecule has 1 aliphatic rings. The van der Waals surface area contributed by atoms with Gasteiger partial charge in [0.25, 0.3) is 5.91 Å². The van der Waals surface area contributed by atoms with Crippen molar-refractivity contribution < 1.29 is 19.0 Å². The molecule has 1 aliphatic heterocycles. The van der Waals surface area contributed by atoms with Crippen LogP contribution in [0.2, 0.25) is 10.0 Å². The number of likely N-dealkylation sites (N-methyl/N-ethyl adjacent to an activating group) is 1. The van der Waals surface area contributed by atoms with E-state index >= 15 is 0 Å². The van der Waals surface area contributed by atoms with Crippen molar-refractivity contribution in [1.82, 2.24) is 25.1 Å². The number of carbonyl (C=O) groups excluding carboxylic acids is 1. The van der Waals surface area contributed by atoms with Crippen molar-refractivity contribution in [1.29, 1.82) is 0 Å². The molecule has 5 rings (SSSR count). The lowest BCUT2D eigenvalue weighted by Crippen LogP contribution is -2.39. The number of halogens is 2. The van der Waals surface area contributed by atoms with Crippen LogP contribution in [0, 0.1) is 0 Å². The first kappa shape index (κ1) is 24.1. The third kappa shape index (κ3) is 4.08. The highest BCUT2D eigenvalue weighted by molar-refractivity contribution is 6.40. The molecule has 0 radical (unpaired) electrons. The second kappa shape index (κ2) is 9.48. The summed E-state index contributed by atoms with van der Waals surface area (Å²) in [6, 6.07) is 7.44. The molecule has 186 valence electrons. The fourth-order valence-electron chi connectivity index (χ4n) is 4.23. The predicted molar refractivity (Wildman–Crippen MR) is 137 cm³/mol. The molecule has 0 bridgehead atoms. The average Bonchev–Trinajstić information content (AvgIpc) is 3.31. The predicted octanol–water partition coefficient (Wildman–Crippen LogP) is 4.79. The van der Waals surface area contributed by atoms with Gasteiger partial charge in [-0.1, -0.05) is 23.2 Å². The van der Waals surface area contributed by atoms with Crippen LogP contribution in [0.4, 0.5) is 0 Å². The van der Waals surface area contributed by atoms with Crippen molar-refractivity contribution in [3.8, 4) is 39.9 Å². The highest BCUT2D eigenvalue weighted by atomic mass is 35.5. The van der Waals surface area contributed by atoms with Crippen LogP contribution in [0.3, 0.4) is 0 Å². The Labute approximate surface area is 217 Å². The minimum Gasteiger partial charge on any atom is -0.495 e. The van der Waals surface area contributed by atoms with Crippen molar-refractivity contribution in [3.05, 3.63) is 46.1 Å². The number of amides is 1. The van der Waals surface area contributed by atoms with Crippen molar-refractivity contribution in [2.45, 2.75) is 18.9 Å². The first-order valence-electron chi connectivity index (χ1n) is 11.1. The van der Waals surface area contributed by atoms with Gasteiger partial charge in [-0.15, -0.1) is 0 Å². The van der Waals surface area contributed by atoms with Crippen LogP contribution in [0.25, 0.3) is 33.7 Å². The Morgan fingerprint density at radius 1 is 1.14 bits per heavy atom. The number of H-pyrrole nitrogens is 1. The highest BCUT2D eigenvalue weighted by Gasteiger charge is 2.28. The summed E-state index contributed by atoms with van der Waals surface area (Å²) >= 11 is 13.1. The van der Waals surface area contributed by atoms with Gasteiger partial charge < -0.3 is 19.1 Å². The van der Waals surface area contributed by atoms with Crippen LogP contribution >= 0.6 is 23.2 Å². The Kier molecular flexibility index (Phi) is 6.36. The molecule has 0 saturated carbocycles. The number of ether oxygens (including phenoxy) is 3. The maximum Gasteiger partial charge on any atom is 0.263 e. The van der Waals surface area contributed by atoms with Gasteiger partial charge in [-0.3, -0.25) is 9.89 Å². The summed E-state index contributed by atoms with van der Waals surface area (Å²) in [6.45, 7) is 0. The molecule has 4 aromatic rings. The number of nitrogens with one attached hydrogen (secondary N) is 1. The van der Waals surface area contributed by atoms with E-state index in [1.165, 1.54) is 14.2 Å². The molecule has 2 aromatic carbocycles. The van der Waals surface area contributed by atoms with Gasteiger partial charge >= 0.3 is 0 Å². The number of hydrogen-bond donors (Lipinski definition) is 1. The zero-order valence-electron chi connectivity index (χ0n) is 20.1. The van der Waals surface area contributed by atoms with Crippen LogP contribution in [-0.4, -0.2) is 65.4 Å². The molecular weight excluding hydrogens is 505 g/mol. The molecule has 1 N–H and O–H groups in total. The van der Waals surface area contributed by atoms with E-state index in [0.717, 1.165) is 28.6 Å². The second-order valence-corrected chi connectivity index (χ2v) is 9.27. The summed E-state index contributed by atoms with van der Waals surface area (Å²) in [6.07, 6.45) is 2.56. The van der Waals surface area contributed by atoms with Gasteiger partial charge in [0.1, 0.15) is 17.2 Å². The van der Waals surface area contributed by atoms with E-state index in [2.05, 4.69) is 20.2 Å². The highest BCUT2D eigenvalue weighted by Crippen LogP contribution is 2.45. The fraction of sp³-hybridized carbons (Fsp3) is 0.280. The summed E-state index contributed by atoms with van der Waals surface area (Å²) in [7, 11) is 6.47. The van der Waals surface area contributed by atoms with E-state index in [1.807, 2.05) is 18.2 Å². The number of benzene rings is 2. The van der Waals surface area contributed by atoms with E-state index < -0.39 is 6.10 Å². The van der Waals surface area contributed by atoms with Gasteiger partial charge in [0.05, 0.1) is 40.9 Å². The van der Waals surface area contributed by atoms with Crippen LogP contribution in [-0.2, 0) is 11.2 Å². The normalized spacial score (nSPS) is 14.8. The van der Waals surface area contributed by atoms with Crippen molar-refractivity contribution in [3.63, 3.8) is 0 Å². The van der Waals surface area contributed by atoms with Crippen molar-refractivity contribution in [2.24, 2.45) is 0 Å². The van der Waals surface area contributed by atoms with E-state index in [4.69, 9.17) is 37.4 Å². The Balaban J connectivity index is 1.50. The number of methoxy groups -OCH3 is 2. The number of nitrogens with zero attached hydrogens (tertiary/aromatic N) is 4. The Bertz CT molecular complexity index is 1460. The number of carbonyl (C=O) groups is 1. The lowest BCUT2D eigenvalue weighted by atomic mass is 9.98. The zero-order chi connectivity index (χ0) is 25.6. The van der Waals surface area contributed by atoms with Gasteiger partial charge in [0.2, 0.25) is 0 Å². The molecule has 0 fully saturated rings. The smallest absolute Gasteiger partial charge is 0.263 e. The molecule has 36 heavy (non-hydrogen) atoms. The van der Waals surface area contributed by atoms with Gasteiger partial charge in [-0.2, -0.15) is 5.10 Å². The second-order valence-electron chi connectivity index (χ2n) is 8.51. The molecule has 0 aliphatic carbocycles. The number of fused-ring (bicyclic) bond motifs is 2. The number of aromatic amines is 1. The Hall–Kier alpha value is -3.56. The molecule has 0 spiro atoms. The van der Waals surface area contributed by atoms with Crippen LogP contribution in [0.5, 0.6) is 17.2 Å². The quantitative estimate of drug-likeness (QED) is 0.397. The molecule has 9 nitrogen and oxygen atoms in total. The van der Waals surface area contributed by atoms with Gasteiger partial charge in [0, 0.05) is 31.9 Å². The molecule has 1 amide bonds. The number of aromatic nitrogens is 4. The minimum atomic E-state index is -0.466. The standard InChI is InChI=1S/C25H23Cl2N5O4/c1-32(2)25(33)16-8-5-12-9-13(6-7-15(12)36-16)22-14-11-28-24(29-23(14)31-30-22)19-20(26)17(34-3)10-18(35-4)21(19)27/h6-7,9-11,16H,5,8H2,1-4H3,(H,28,29,30,31). The summed E-state index contributed by atoms with van der Waals surface area (Å²) in [5, 5.41) is 8.74. The van der Waals surface area contributed by atoms with Gasteiger partial charge in [-0.25, -0.2) is 9.97 Å². The molecule has 11 heteroatoms. The third-order valence-electron chi connectivity index (χ3n) is 6.12. The van der Waals surface area contributed by atoms with E-state index in [1.54, 1.807) is 31.3 Å². The number of aryl methyl sites for hydroxylation is 1. The first-order chi connectivity index (χ1) is 17.3. The maximum absolute atomic E-state index is 12.3. The number of rotatable bonds is 5. The van der Waals surface area contributed by atoms with Crippen molar-refractivity contribution >= 4 is 40.1 Å². The minimum absolute atomic E-state index is 0.0360. The van der Waals surface area contributed by atoms with Crippen molar-refractivity contribution in [2.75, 3.05) is 28.3 Å². The fourth-order valence-corrected chi connectivity index (χ4v) is 4.90. The van der Waals surface area contributed by atoms with Crippen LogP contribution < -0.4 is 14.2 Å². The third-order valence-corrected chi connectivity index (χ3v) is 6.87. The van der Waals surface area contributed by atoms with E-state index in [-0.39, 0.29) is 16.0 Å². The van der Waals surface area contributed by atoms with E-state index in [0.29, 0.717) is 40.7 Å². The summed E-state index contributed by atoms with van der Waals surface area (Å²) < 4.78 is 16.7. The average molecular weight is 528 g/mol.